The van der Waals surface area contributed by atoms with E-state index in [1.165, 1.54) is 19.2 Å². The van der Waals surface area contributed by atoms with Crippen molar-refractivity contribution in [3.05, 3.63) is 74.3 Å². The van der Waals surface area contributed by atoms with Crippen molar-refractivity contribution >= 4 is 40.5 Å². The Balaban J connectivity index is 2.21. The van der Waals surface area contributed by atoms with Crippen molar-refractivity contribution in [2.45, 2.75) is 19.4 Å². The molecule has 2 aromatic rings. The molecular weight excluding hydrogens is 376 g/mol. The van der Waals surface area contributed by atoms with Crippen LogP contribution in [0, 0.1) is 17.0 Å². The minimum absolute atomic E-state index is 0.0152. The van der Waals surface area contributed by atoms with Crippen LogP contribution < -0.4 is 5.32 Å². The molecule has 26 heavy (non-hydrogen) atoms. The van der Waals surface area contributed by atoms with Gasteiger partial charge in [0.15, 0.2) is 0 Å². The fourth-order valence-electron chi connectivity index (χ4n) is 2.47. The lowest BCUT2D eigenvalue weighted by Gasteiger charge is -2.20. The molecule has 0 aliphatic heterocycles. The Bertz CT molecular complexity index is 819. The number of carbonyl (C=O) groups excluding carboxylic acids is 1. The van der Waals surface area contributed by atoms with Crippen molar-refractivity contribution < 1.29 is 14.5 Å². The predicted octanol–water partition coefficient (Wildman–Crippen LogP) is 3.61. The normalized spacial score (nSPS) is 11.5. The molecule has 6 nitrogen and oxygen atoms in total. The second kappa shape index (κ2) is 8.73. The number of rotatable bonds is 6. The maximum atomic E-state index is 12.1. The number of nitro groups is 1. The SMILES string of the molecule is COC(=O)[C@H](Cc1ccc([N+](=O)[O-])cc1)NC(=S)c1c(C)cccc1Cl. The molecule has 0 bridgehead atoms. The van der Waals surface area contributed by atoms with Gasteiger partial charge in [0.1, 0.15) is 11.0 Å². The van der Waals surface area contributed by atoms with E-state index in [-0.39, 0.29) is 12.1 Å². The van der Waals surface area contributed by atoms with Crippen molar-refractivity contribution in [1.82, 2.24) is 5.32 Å². The summed E-state index contributed by atoms with van der Waals surface area (Å²) in [4.78, 5) is 22.7. The highest BCUT2D eigenvalue weighted by molar-refractivity contribution is 7.80. The van der Waals surface area contributed by atoms with Crippen molar-refractivity contribution in [2.75, 3.05) is 7.11 Å². The summed E-state index contributed by atoms with van der Waals surface area (Å²) in [5.74, 6) is -0.490. The van der Waals surface area contributed by atoms with Crippen molar-refractivity contribution in [3.63, 3.8) is 0 Å². The van der Waals surface area contributed by atoms with E-state index in [1.54, 1.807) is 18.2 Å². The van der Waals surface area contributed by atoms with Gasteiger partial charge >= 0.3 is 5.97 Å². The zero-order chi connectivity index (χ0) is 19.3. The average molecular weight is 393 g/mol. The molecule has 0 fully saturated rings. The topological polar surface area (TPSA) is 81.5 Å². The van der Waals surface area contributed by atoms with Gasteiger partial charge in [-0.25, -0.2) is 4.79 Å². The second-order valence-electron chi connectivity index (χ2n) is 5.61. The summed E-state index contributed by atoms with van der Waals surface area (Å²) >= 11 is 11.6. The molecule has 0 spiro atoms. The number of nitro benzene ring substituents is 1. The van der Waals surface area contributed by atoms with Crippen LogP contribution in [-0.2, 0) is 16.0 Å². The van der Waals surface area contributed by atoms with Crippen LogP contribution in [0.3, 0.4) is 0 Å². The van der Waals surface area contributed by atoms with Gasteiger partial charge in [0, 0.05) is 24.1 Å². The van der Waals surface area contributed by atoms with Crippen LogP contribution in [0.1, 0.15) is 16.7 Å². The van der Waals surface area contributed by atoms with Gasteiger partial charge in [-0.2, -0.15) is 0 Å². The third-order valence-electron chi connectivity index (χ3n) is 3.83. The molecule has 1 atom stereocenters. The Morgan fingerprint density at radius 3 is 2.50 bits per heavy atom. The first-order valence-corrected chi connectivity index (χ1v) is 8.49. The van der Waals surface area contributed by atoms with Crippen LogP contribution in [0.2, 0.25) is 5.02 Å². The van der Waals surface area contributed by atoms with Crippen LogP contribution in [0.15, 0.2) is 42.5 Å². The molecule has 0 aliphatic carbocycles. The van der Waals surface area contributed by atoms with E-state index in [4.69, 9.17) is 28.6 Å². The summed E-state index contributed by atoms with van der Waals surface area (Å²) in [6.45, 7) is 1.87. The summed E-state index contributed by atoms with van der Waals surface area (Å²) in [5, 5.41) is 14.2. The molecule has 0 heterocycles. The first-order chi connectivity index (χ1) is 12.3. The van der Waals surface area contributed by atoms with Crippen molar-refractivity contribution in [2.24, 2.45) is 0 Å². The maximum absolute atomic E-state index is 12.1. The van der Waals surface area contributed by atoms with Gasteiger partial charge in [0.05, 0.1) is 17.1 Å². The number of halogens is 1. The van der Waals surface area contributed by atoms with E-state index in [9.17, 15) is 14.9 Å². The molecule has 0 unspecified atom stereocenters. The Morgan fingerprint density at radius 1 is 1.31 bits per heavy atom. The monoisotopic (exact) mass is 392 g/mol. The number of nitrogens with zero attached hydrogens (tertiary/aromatic N) is 1. The van der Waals surface area contributed by atoms with Crippen LogP contribution in [0.25, 0.3) is 0 Å². The Labute approximate surface area is 161 Å². The molecule has 136 valence electrons. The number of nitrogens with one attached hydrogen (secondary N) is 1. The molecule has 0 saturated heterocycles. The Kier molecular flexibility index (Phi) is 6.65. The zero-order valence-electron chi connectivity index (χ0n) is 14.2. The van der Waals surface area contributed by atoms with Crippen molar-refractivity contribution in [1.29, 1.82) is 0 Å². The van der Waals surface area contributed by atoms with Crippen LogP contribution >= 0.6 is 23.8 Å². The average Bonchev–Trinajstić information content (AvgIpc) is 2.60. The van der Waals surface area contributed by atoms with Gasteiger partial charge in [-0.1, -0.05) is 48.1 Å². The standard InChI is InChI=1S/C18H17ClN2O4S/c1-11-4-3-5-14(19)16(11)17(26)20-15(18(22)25-2)10-12-6-8-13(9-7-12)21(23)24/h3-9,15H,10H2,1-2H3,(H,20,26)/t15-/m0/s1. The highest BCUT2D eigenvalue weighted by Crippen LogP contribution is 2.20. The van der Waals surface area contributed by atoms with Crippen LogP contribution in [0.5, 0.6) is 0 Å². The lowest BCUT2D eigenvalue weighted by atomic mass is 10.0. The van der Waals surface area contributed by atoms with Gasteiger partial charge in [0.25, 0.3) is 5.69 Å². The number of thiocarbonyl (C=S) groups is 1. The Morgan fingerprint density at radius 2 is 1.96 bits per heavy atom. The fourth-order valence-corrected chi connectivity index (χ4v) is 3.26. The minimum atomic E-state index is -0.746. The van der Waals surface area contributed by atoms with E-state index in [1.807, 2.05) is 19.1 Å². The number of ether oxygens (including phenoxy) is 1. The smallest absolute Gasteiger partial charge is 0.328 e. The van der Waals surface area contributed by atoms with Gasteiger partial charge in [-0.3, -0.25) is 10.1 Å². The van der Waals surface area contributed by atoms with Gasteiger partial charge in [-0.15, -0.1) is 0 Å². The van der Waals surface area contributed by atoms with E-state index >= 15 is 0 Å². The molecule has 1 N–H and O–H groups in total. The second-order valence-corrected chi connectivity index (χ2v) is 6.42. The fraction of sp³-hybridized carbons (Fsp3) is 0.222. The summed E-state index contributed by atoms with van der Waals surface area (Å²) in [7, 11) is 1.29. The number of hydrogen-bond acceptors (Lipinski definition) is 5. The van der Waals surface area contributed by atoms with E-state index in [2.05, 4.69) is 5.32 Å². The van der Waals surface area contributed by atoms with Crippen LogP contribution in [0.4, 0.5) is 5.69 Å². The number of benzene rings is 2. The summed E-state index contributed by atoms with van der Waals surface area (Å²) in [6, 6.07) is 10.6. The molecular formula is C18H17ClN2O4S. The number of non-ortho nitro benzene ring substituents is 1. The number of aryl methyl sites for hydroxylation is 1. The highest BCUT2D eigenvalue weighted by Gasteiger charge is 2.23. The maximum Gasteiger partial charge on any atom is 0.328 e. The van der Waals surface area contributed by atoms with Gasteiger partial charge < -0.3 is 10.1 Å². The first-order valence-electron chi connectivity index (χ1n) is 7.70. The van der Waals surface area contributed by atoms with Gasteiger partial charge in [0.2, 0.25) is 0 Å². The van der Waals surface area contributed by atoms with Gasteiger partial charge in [-0.05, 0) is 24.1 Å². The molecule has 0 saturated carbocycles. The van der Waals surface area contributed by atoms with E-state index in [0.717, 1.165) is 11.1 Å². The number of hydrogen-bond donors (Lipinski definition) is 1. The number of carbonyl (C=O) groups is 1. The summed E-state index contributed by atoms with van der Waals surface area (Å²) in [6.07, 6.45) is 0.258. The lowest BCUT2D eigenvalue weighted by Crippen LogP contribution is -2.43. The molecule has 0 radical (unpaired) electrons. The third kappa shape index (κ3) is 4.77. The summed E-state index contributed by atoms with van der Waals surface area (Å²) < 4.78 is 4.84. The highest BCUT2D eigenvalue weighted by atomic mass is 35.5. The van der Waals surface area contributed by atoms with Crippen molar-refractivity contribution in [3.8, 4) is 0 Å². The summed E-state index contributed by atoms with van der Waals surface area (Å²) in [5.41, 5.74) is 2.26. The minimum Gasteiger partial charge on any atom is -0.467 e. The predicted molar refractivity (Wildman–Crippen MR) is 104 cm³/mol. The first kappa shape index (κ1) is 19.8. The zero-order valence-corrected chi connectivity index (χ0v) is 15.8. The number of esters is 1. The molecule has 0 aliphatic rings. The Hall–Kier alpha value is -2.51. The van der Waals surface area contributed by atoms with E-state index < -0.39 is 16.9 Å². The third-order valence-corrected chi connectivity index (χ3v) is 4.46. The van der Waals surface area contributed by atoms with Crippen LogP contribution in [-0.4, -0.2) is 29.0 Å². The largest absolute Gasteiger partial charge is 0.467 e. The lowest BCUT2D eigenvalue weighted by molar-refractivity contribution is -0.384. The molecule has 2 rings (SSSR count). The van der Waals surface area contributed by atoms with E-state index in [0.29, 0.717) is 15.6 Å². The number of methoxy groups -OCH3 is 1. The quantitative estimate of drug-likeness (QED) is 0.350. The molecule has 0 aromatic heterocycles. The molecule has 0 amide bonds. The molecule has 8 heteroatoms. The molecule has 2 aromatic carbocycles.